The van der Waals surface area contributed by atoms with E-state index in [1.807, 2.05) is 37.3 Å². The van der Waals surface area contributed by atoms with E-state index in [1.165, 1.54) is 5.56 Å². The molecule has 1 unspecified atom stereocenters. The monoisotopic (exact) mass is 204 g/mol. The van der Waals surface area contributed by atoms with Crippen molar-refractivity contribution in [1.82, 2.24) is 5.32 Å². The van der Waals surface area contributed by atoms with Crippen molar-refractivity contribution < 1.29 is 4.79 Å². The zero-order valence-corrected chi connectivity index (χ0v) is 9.20. The first-order valence-corrected chi connectivity index (χ1v) is 5.35. The number of aryl methyl sites for hydroxylation is 1. The highest BCUT2D eigenvalue weighted by Crippen LogP contribution is 2.02. The number of carbonyl (C=O) groups is 1. The van der Waals surface area contributed by atoms with Crippen LogP contribution in [-0.2, 0) is 11.2 Å². The van der Waals surface area contributed by atoms with Crippen LogP contribution in [0, 0.1) is 6.92 Å². The molecule has 1 N–H and O–H groups in total. The summed E-state index contributed by atoms with van der Waals surface area (Å²) in [4.78, 5) is 11.4. The van der Waals surface area contributed by atoms with Crippen molar-refractivity contribution in [2.75, 3.05) is 0 Å². The number of nitrogens with one attached hydrogen (secondary N) is 1. The fourth-order valence-corrected chi connectivity index (χ4v) is 1.32. The second-order valence-electron chi connectivity index (χ2n) is 3.74. The Bertz CT molecular complexity index is 295. The molecule has 2 heteroatoms. The van der Waals surface area contributed by atoms with Crippen LogP contribution in [0.3, 0.4) is 0 Å². The van der Waals surface area contributed by atoms with Crippen LogP contribution in [-0.4, -0.2) is 11.9 Å². The zero-order chi connectivity index (χ0) is 11.1. The summed E-state index contributed by atoms with van der Waals surface area (Å²) in [6, 6.07) is 10.2. The van der Waals surface area contributed by atoms with Gasteiger partial charge in [-0.2, -0.15) is 0 Å². The molecule has 1 aromatic carbocycles. The van der Waals surface area contributed by atoms with Gasteiger partial charge in [-0.15, -0.1) is 0 Å². The van der Waals surface area contributed by atoms with Crippen LogP contribution in [0.25, 0.3) is 0 Å². The Morgan fingerprint density at radius 2 is 2.07 bits per heavy atom. The van der Waals surface area contributed by atoms with Crippen LogP contribution < -0.4 is 5.32 Å². The number of hydrogen-bond donors (Lipinski definition) is 1. The molecular weight excluding hydrogens is 186 g/mol. The van der Waals surface area contributed by atoms with Crippen LogP contribution in [0.1, 0.15) is 25.3 Å². The van der Waals surface area contributed by atoms with Gasteiger partial charge in [-0.05, 0) is 25.3 Å². The van der Waals surface area contributed by atoms with Gasteiger partial charge in [0, 0.05) is 12.5 Å². The van der Waals surface area contributed by atoms with E-state index in [4.69, 9.17) is 0 Å². The summed E-state index contributed by atoms with van der Waals surface area (Å²) in [6.07, 6.45) is 2.09. The lowest BCUT2D eigenvalue weighted by molar-refractivity contribution is -0.121. The maximum absolute atomic E-state index is 11.4. The molecule has 0 bridgehead atoms. The van der Waals surface area contributed by atoms with Crippen LogP contribution >= 0.6 is 0 Å². The van der Waals surface area contributed by atoms with E-state index in [-0.39, 0.29) is 11.9 Å². The topological polar surface area (TPSA) is 29.1 Å². The number of hydrogen-bond acceptors (Lipinski definition) is 1. The first kappa shape index (κ1) is 11.8. The highest BCUT2D eigenvalue weighted by molar-refractivity contribution is 5.76. The van der Waals surface area contributed by atoms with Gasteiger partial charge in [0.15, 0.2) is 0 Å². The zero-order valence-electron chi connectivity index (χ0n) is 9.20. The quantitative estimate of drug-likeness (QED) is 0.783. The molecule has 1 rings (SSSR count). The standard InChI is InChI=1S/C13H18NO/c1-3-11(2)14-13(15)10-9-12-7-5-4-6-8-12/h4-8,11H,1,3,9-10H2,2H3,(H,14,15). The summed E-state index contributed by atoms with van der Waals surface area (Å²) in [6.45, 7) is 5.71. The summed E-state index contributed by atoms with van der Waals surface area (Å²) in [5, 5.41) is 2.90. The van der Waals surface area contributed by atoms with Gasteiger partial charge in [-0.3, -0.25) is 4.79 Å². The summed E-state index contributed by atoms with van der Waals surface area (Å²) in [5.41, 5.74) is 1.20. The van der Waals surface area contributed by atoms with E-state index >= 15 is 0 Å². The maximum Gasteiger partial charge on any atom is 0.220 e. The Kier molecular flexibility index (Phi) is 4.88. The van der Waals surface area contributed by atoms with E-state index < -0.39 is 0 Å². The molecule has 0 aliphatic rings. The predicted molar refractivity (Wildman–Crippen MR) is 62.3 cm³/mol. The molecule has 0 fully saturated rings. The molecule has 0 heterocycles. The Balaban J connectivity index is 2.29. The molecular formula is C13H18NO. The van der Waals surface area contributed by atoms with Gasteiger partial charge >= 0.3 is 0 Å². The molecule has 0 aliphatic carbocycles. The van der Waals surface area contributed by atoms with E-state index in [0.29, 0.717) is 6.42 Å². The number of benzene rings is 1. The second kappa shape index (κ2) is 6.23. The van der Waals surface area contributed by atoms with Gasteiger partial charge < -0.3 is 5.32 Å². The number of amides is 1. The van der Waals surface area contributed by atoms with Gasteiger partial charge in [0.2, 0.25) is 5.91 Å². The minimum Gasteiger partial charge on any atom is -0.354 e. The fourth-order valence-electron chi connectivity index (χ4n) is 1.32. The Morgan fingerprint density at radius 1 is 1.40 bits per heavy atom. The lowest BCUT2D eigenvalue weighted by atomic mass is 10.1. The second-order valence-corrected chi connectivity index (χ2v) is 3.74. The van der Waals surface area contributed by atoms with Crippen molar-refractivity contribution >= 4 is 5.91 Å². The Morgan fingerprint density at radius 3 is 2.67 bits per heavy atom. The molecule has 15 heavy (non-hydrogen) atoms. The molecule has 81 valence electrons. The van der Waals surface area contributed by atoms with Crippen molar-refractivity contribution in [3.05, 3.63) is 42.8 Å². The first-order valence-electron chi connectivity index (χ1n) is 5.35. The van der Waals surface area contributed by atoms with Gasteiger partial charge in [-0.1, -0.05) is 37.3 Å². The van der Waals surface area contributed by atoms with E-state index in [2.05, 4.69) is 12.2 Å². The molecule has 1 radical (unpaired) electrons. The molecule has 1 atom stereocenters. The van der Waals surface area contributed by atoms with Crippen LogP contribution in [0.5, 0.6) is 0 Å². The van der Waals surface area contributed by atoms with E-state index in [1.54, 1.807) is 0 Å². The summed E-state index contributed by atoms with van der Waals surface area (Å²) in [5.74, 6) is 0.106. The number of carbonyl (C=O) groups excluding carboxylic acids is 1. The lowest BCUT2D eigenvalue weighted by Crippen LogP contribution is -2.32. The summed E-state index contributed by atoms with van der Waals surface area (Å²) < 4.78 is 0. The Labute approximate surface area is 91.7 Å². The van der Waals surface area contributed by atoms with Gasteiger partial charge in [0.25, 0.3) is 0 Å². The van der Waals surface area contributed by atoms with Gasteiger partial charge in [0.1, 0.15) is 0 Å². The van der Waals surface area contributed by atoms with Crippen molar-refractivity contribution in [2.24, 2.45) is 0 Å². The predicted octanol–water partition coefficient (Wildman–Crippen LogP) is 2.35. The average Bonchev–Trinajstić information content (AvgIpc) is 2.27. The van der Waals surface area contributed by atoms with Crippen molar-refractivity contribution in [3.63, 3.8) is 0 Å². The van der Waals surface area contributed by atoms with Crippen LogP contribution in [0.4, 0.5) is 0 Å². The highest BCUT2D eigenvalue weighted by atomic mass is 16.1. The summed E-state index contributed by atoms with van der Waals surface area (Å²) in [7, 11) is 0. The van der Waals surface area contributed by atoms with E-state index in [0.717, 1.165) is 12.8 Å². The molecule has 1 aromatic rings. The average molecular weight is 204 g/mol. The minimum absolute atomic E-state index is 0.106. The molecule has 0 saturated heterocycles. The smallest absolute Gasteiger partial charge is 0.220 e. The van der Waals surface area contributed by atoms with Gasteiger partial charge in [0.05, 0.1) is 0 Å². The van der Waals surface area contributed by atoms with Crippen molar-refractivity contribution in [2.45, 2.75) is 32.2 Å². The fraction of sp³-hybridized carbons (Fsp3) is 0.385. The maximum atomic E-state index is 11.4. The van der Waals surface area contributed by atoms with Crippen LogP contribution in [0.15, 0.2) is 30.3 Å². The third-order valence-electron chi connectivity index (χ3n) is 2.32. The molecule has 0 aromatic heterocycles. The first-order chi connectivity index (χ1) is 7.22. The summed E-state index contributed by atoms with van der Waals surface area (Å²) >= 11 is 0. The molecule has 0 spiro atoms. The van der Waals surface area contributed by atoms with Gasteiger partial charge in [-0.25, -0.2) is 0 Å². The van der Waals surface area contributed by atoms with Crippen molar-refractivity contribution in [3.8, 4) is 0 Å². The lowest BCUT2D eigenvalue weighted by Gasteiger charge is -2.10. The third kappa shape index (κ3) is 4.63. The SMILES string of the molecule is [CH2]CC(C)NC(=O)CCc1ccccc1. The van der Waals surface area contributed by atoms with Crippen LogP contribution in [0.2, 0.25) is 0 Å². The molecule has 1 amide bonds. The molecule has 0 aliphatic heterocycles. The number of rotatable bonds is 5. The molecule has 2 nitrogen and oxygen atoms in total. The highest BCUT2D eigenvalue weighted by Gasteiger charge is 2.04. The third-order valence-corrected chi connectivity index (χ3v) is 2.32. The minimum atomic E-state index is 0.106. The van der Waals surface area contributed by atoms with E-state index in [9.17, 15) is 4.79 Å². The molecule has 0 saturated carbocycles. The van der Waals surface area contributed by atoms with Crippen molar-refractivity contribution in [1.29, 1.82) is 0 Å². The Hall–Kier alpha value is -1.31. The largest absolute Gasteiger partial charge is 0.354 e. The normalized spacial score (nSPS) is 12.1.